The standard InChI is InChI=1S/C20H20N2O4/c1-14(19(23)22-13-17-6-4-3-5-7-17)26-20(24)15(2)25-18-10-8-16(12-21)9-11-18/h3-11,14-15H,13H2,1-2H3,(H,22,23)/t14-,15+/m0/s1. The van der Waals surface area contributed by atoms with Crippen LogP contribution < -0.4 is 10.1 Å². The molecule has 0 heterocycles. The Morgan fingerprint density at radius 3 is 2.31 bits per heavy atom. The molecule has 2 aromatic rings. The second-order valence-electron chi connectivity index (χ2n) is 5.68. The smallest absolute Gasteiger partial charge is 0.347 e. The first-order valence-corrected chi connectivity index (χ1v) is 8.18. The van der Waals surface area contributed by atoms with Crippen LogP contribution in [-0.4, -0.2) is 24.1 Å². The minimum atomic E-state index is -0.932. The first-order valence-electron chi connectivity index (χ1n) is 8.18. The molecule has 0 radical (unpaired) electrons. The molecule has 2 atom stereocenters. The van der Waals surface area contributed by atoms with Crippen molar-refractivity contribution in [3.05, 3.63) is 65.7 Å². The molecule has 0 aliphatic rings. The summed E-state index contributed by atoms with van der Waals surface area (Å²) in [6, 6.07) is 17.8. The predicted molar refractivity (Wildman–Crippen MR) is 95.1 cm³/mol. The van der Waals surface area contributed by atoms with Gasteiger partial charge in [-0.2, -0.15) is 5.26 Å². The molecule has 26 heavy (non-hydrogen) atoms. The number of esters is 1. The SMILES string of the molecule is C[C@H](OC(=O)[C@@H](C)Oc1ccc(C#N)cc1)C(=O)NCc1ccccc1. The number of nitrogens with zero attached hydrogens (tertiary/aromatic N) is 1. The lowest BCUT2D eigenvalue weighted by Gasteiger charge is -2.18. The molecule has 0 aliphatic heterocycles. The third-order valence-electron chi connectivity index (χ3n) is 3.60. The molecule has 0 bridgehead atoms. The molecule has 0 saturated heterocycles. The van der Waals surface area contributed by atoms with Crippen molar-refractivity contribution in [3.63, 3.8) is 0 Å². The second-order valence-corrected chi connectivity index (χ2v) is 5.68. The third kappa shape index (κ3) is 5.64. The van der Waals surface area contributed by atoms with Gasteiger partial charge >= 0.3 is 5.97 Å². The molecule has 2 aromatic carbocycles. The average molecular weight is 352 g/mol. The van der Waals surface area contributed by atoms with E-state index < -0.39 is 18.2 Å². The first-order chi connectivity index (χ1) is 12.5. The van der Waals surface area contributed by atoms with E-state index in [1.165, 1.54) is 13.8 Å². The zero-order valence-electron chi connectivity index (χ0n) is 14.6. The molecule has 0 unspecified atom stereocenters. The van der Waals surface area contributed by atoms with Crippen LogP contribution in [-0.2, 0) is 20.9 Å². The maximum Gasteiger partial charge on any atom is 0.347 e. The maximum atomic E-state index is 12.1. The lowest BCUT2D eigenvalue weighted by molar-refractivity contribution is -0.160. The molecule has 0 aliphatic carbocycles. The van der Waals surface area contributed by atoms with Gasteiger partial charge in [-0.25, -0.2) is 4.79 Å². The summed E-state index contributed by atoms with van der Waals surface area (Å²) in [7, 11) is 0. The number of carbonyl (C=O) groups is 2. The Balaban J connectivity index is 1.80. The van der Waals surface area contributed by atoms with Crippen molar-refractivity contribution in [2.24, 2.45) is 0 Å². The number of nitriles is 1. The molecule has 0 aromatic heterocycles. The number of ether oxygens (including phenoxy) is 2. The topological polar surface area (TPSA) is 88.4 Å². The van der Waals surface area contributed by atoms with Crippen LogP contribution in [0.4, 0.5) is 0 Å². The fourth-order valence-corrected chi connectivity index (χ4v) is 2.11. The van der Waals surface area contributed by atoms with Crippen LogP contribution in [0.25, 0.3) is 0 Å². The Kier molecular flexibility index (Phi) is 6.75. The van der Waals surface area contributed by atoms with Gasteiger partial charge in [-0.15, -0.1) is 0 Å². The molecule has 1 N–H and O–H groups in total. The average Bonchev–Trinajstić information content (AvgIpc) is 2.67. The first kappa shape index (κ1) is 19.0. The van der Waals surface area contributed by atoms with Gasteiger partial charge in [0.2, 0.25) is 0 Å². The van der Waals surface area contributed by atoms with Crippen molar-refractivity contribution in [1.29, 1.82) is 5.26 Å². The number of carbonyl (C=O) groups excluding carboxylic acids is 2. The molecule has 0 spiro atoms. The monoisotopic (exact) mass is 352 g/mol. The highest BCUT2D eigenvalue weighted by Gasteiger charge is 2.23. The van der Waals surface area contributed by atoms with Gasteiger partial charge in [-0.05, 0) is 43.7 Å². The molecule has 6 nitrogen and oxygen atoms in total. The number of benzene rings is 2. The van der Waals surface area contributed by atoms with E-state index in [4.69, 9.17) is 14.7 Å². The fraction of sp³-hybridized carbons (Fsp3) is 0.250. The Hall–Kier alpha value is -3.33. The lowest BCUT2D eigenvalue weighted by Crippen LogP contribution is -2.38. The van der Waals surface area contributed by atoms with Gasteiger partial charge in [0.15, 0.2) is 12.2 Å². The van der Waals surface area contributed by atoms with Gasteiger partial charge in [0, 0.05) is 6.54 Å². The number of rotatable bonds is 7. The largest absolute Gasteiger partial charge is 0.479 e. The van der Waals surface area contributed by atoms with E-state index in [-0.39, 0.29) is 5.91 Å². The predicted octanol–water partition coefficient (Wildman–Crippen LogP) is 2.57. The van der Waals surface area contributed by atoms with Crippen LogP contribution in [0.2, 0.25) is 0 Å². The quantitative estimate of drug-likeness (QED) is 0.774. The van der Waals surface area contributed by atoms with Crippen molar-refractivity contribution in [3.8, 4) is 11.8 Å². The van der Waals surface area contributed by atoms with Crippen molar-refractivity contribution in [1.82, 2.24) is 5.32 Å². The van der Waals surface area contributed by atoms with Crippen molar-refractivity contribution >= 4 is 11.9 Å². The van der Waals surface area contributed by atoms with Gasteiger partial charge in [0.25, 0.3) is 5.91 Å². The minimum absolute atomic E-state index is 0.360. The van der Waals surface area contributed by atoms with Crippen LogP contribution in [0.15, 0.2) is 54.6 Å². The number of hydrogen-bond donors (Lipinski definition) is 1. The van der Waals surface area contributed by atoms with Gasteiger partial charge in [0.1, 0.15) is 5.75 Å². The van der Waals surface area contributed by atoms with E-state index in [9.17, 15) is 9.59 Å². The van der Waals surface area contributed by atoms with Gasteiger partial charge in [-0.3, -0.25) is 4.79 Å². The van der Waals surface area contributed by atoms with Crippen molar-refractivity contribution < 1.29 is 19.1 Å². The molecule has 0 fully saturated rings. The fourth-order valence-electron chi connectivity index (χ4n) is 2.11. The summed E-state index contributed by atoms with van der Waals surface area (Å²) in [4.78, 5) is 24.1. The van der Waals surface area contributed by atoms with E-state index in [2.05, 4.69) is 5.32 Å². The van der Waals surface area contributed by atoms with E-state index in [1.54, 1.807) is 24.3 Å². The van der Waals surface area contributed by atoms with Crippen LogP contribution in [0.1, 0.15) is 25.0 Å². The highest BCUT2D eigenvalue weighted by molar-refractivity contribution is 5.84. The Morgan fingerprint density at radius 2 is 1.69 bits per heavy atom. The van der Waals surface area contributed by atoms with Crippen molar-refractivity contribution in [2.75, 3.05) is 0 Å². The summed E-state index contributed by atoms with van der Waals surface area (Å²) in [5.74, 6) is -0.584. The molecule has 6 heteroatoms. The Bertz CT molecular complexity index is 782. The van der Waals surface area contributed by atoms with Gasteiger partial charge in [0.05, 0.1) is 11.6 Å². The third-order valence-corrected chi connectivity index (χ3v) is 3.60. The van der Waals surface area contributed by atoms with Crippen LogP contribution in [0.3, 0.4) is 0 Å². The molecule has 134 valence electrons. The summed E-state index contributed by atoms with van der Waals surface area (Å²) < 4.78 is 10.6. The number of amides is 1. The summed E-state index contributed by atoms with van der Waals surface area (Å²) in [5.41, 5.74) is 1.45. The van der Waals surface area contributed by atoms with E-state index in [0.717, 1.165) is 5.56 Å². The van der Waals surface area contributed by atoms with Crippen LogP contribution in [0.5, 0.6) is 5.75 Å². The molecule has 2 rings (SSSR count). The zero-order chi connectivity index (χ0) is 18.9. The highest BCUT2D eigenvalue weighted by atomic mass is 16.6. The summed E-state index contributed by atoms with van der Waals surface area (Å²) in [6.45, 7) is 3.40. The minimum Gasteiger partial charge on any atom is -0.479 e. The van der Waals surface area contributed by atoms with Crippen molar-refractivity contribution in [2.45, 2.75) is 32.6 Å². The number of nitrogens with one attached hydrogen (secondary N) is 1. The molecular formula is C20H20N2O4. The van der Waals surface area contributed by atoms with Gasteiger partial charge < -0.3 is 14.8 Å². The molecule has 1 amide bonds. The lowest BCUT2D eigenvalue weighted by atomic mass is 10.2. The van der Waals surface area contributed by atoms with Crippen LogP contribution >= 0.6 is 0 Å². The number of hydrogen-bond acceptors (Lipinski definition) is 5. The highest BCUT2D eigenvalue weighted by Crippen LogP contribution is 2.14. The molecule has 0 saturated carbocycles. The Morgan fingerprint density at radius 1 is 1.04 bits per heavy atom. The molecular weight excluding hydrogens is 332 g/mol. The maximum absolute atomic E-state index is 12.1. The zero-order valence-corrected chi connectivity index (χ0v) is 14.6. The second kappa shape index (κ2) is 9.23. The van der Waals surface area contributed by atoms with E-state index in [0.29, 0.717) is 17.9 Å². The van der Waals surface area contributed by atoms with Gasteiger partial charge in [-0.1, -0.05) is 30.3 Å². The van der Waals surface area contributed by atoms with E-state index >= 15 is 0 Å². The van der Waals surface area contributed by atoms with E-state index in [1.807, 2.05) is 36.4 Å². The van der Waals surface area contributed by atoms with Crippen LogP contribution in [0, 0.1) is 11.3 Å². The summed E-state index contributed by atoms with van der Waals surface area (Å²) in [6.07, 6.45) is -1.81. The Labute approximate surface area is 152 Å². The normalized spacial score (nSPS) is 12.3. The summed E-state index contributed by atoms with van der Waals surface area (Å²) in [5, 5.41) is 11.5. The summed E-state index contributed by atoms with van der Waals surface area (Å²) >= 11 is 0.